The Kier molecular flexibility index (Phi) is 4.49. The van der Waals surface area contributed by atoms with E-state index in [4.69, 9.17) is 4.42 Å². The first-order valence-electron chi connectivity index (χ1n) is 7.20. The van der Waals surface area contributed by atoms with E-state index in [-0.39, 0.29) is 31.2 Å². The predicted molar refractivity (Wildman–Crippen MR) is 79.7 cm³/mol. The Balaban J connectivity index is 1.54. The lowest BCUT2D eigenvalue weighted by Crippen LogP contribution is -2.51. The predicted octanol–water partition coefficient (Wildman–Crippen LogP) is 0.484. The van der Waals surface area contributed by atoms with Gasteiger partial charge in [-0.25, -0.2) is 8.42 Å². The zero-order valence-corrected chi connectivity index (χ0v) is 13.2. The van der Waals surface area contributed by atoms with Gasteiger partial charge in [0, 0.05) is 32.2 Å². The molecule has 3 heterocycles. The van der Waals surface area contributed by atoms with E-state index in [1.807, 2.05) is 0 Å². The summed E-state index contributed by atoms with van der Waals surface area (Å²) in [6, 6.07) is 3.28. The van der Waals surface area contributed by atoms with Gasteiger partial charge < -0.3 is 13.8 Å². The normalized spacial score (nSPS) is 16.6. The molecule has 9 heteroatoms. The molecule has 0 unspecified atom stereocenters. The maximum atomic E-state index is 12.3. The fourth-order valence-corrected chi connectivity index (χ4v) is 3.91. The number of hydrogen-bond acceptors (Lipinski definition) is 6. The number of aromatic nitrogens is 1. The number of furan rings is 1. The summed E-state index contributed by atoms with van der Waals surface area (Å²) in [5.74, 6) is -0.216. The number of carbonyl (C=O) groups is 1. The molecule has 0 saturated carbocycles. The highest BCUT2D eigenvalue weighted by Crippen LogP contribution is 2.14. The molecule has 0 spiro atoms. The van der Waals surface area contributed by atoms with Crippen LogP contribution in [0.25, 0.3) is 0 Å². The number of amides is 1. The van der Waals surface area contributed by atoms with E-state index < -0.39 is 10.0 Å². The molecule has 0 N–H and O–H groups in total. The van der Waals surface area contributed by atoms with Crippen molar-refractivity contribution in [3.8, 4) is 0 Å². The first-order chi connectivity index (χ1) is 11.0. The highest BCUT2D eigenvalue weighted by Gasteiger charge is 2.29. The van der Waals surface area contributed by atoms with Crippen molar-refractivity contribution in [2.45, 2.75) is 12.2 Å². The largest absolute Gasteiger partial charge is 0.472 e. The third kappa shape index (κ3) is 3.80. The third-order valence-electron chi connectivity index (χ3n) is 3.74. The van der Waals surface area contributed by atoms with E-state index in [9.17, 15) is 13.2 Å². The Morgan fingerprint density at radius 3 is 2.57 bits per heavy atom. The summed E-state index contributed by atoms with van der Waals surface area (Å²) in [5, 5.41) is 3.63. The first kappa shape index (κ1) is 15.8. The Labute approximate surface area is 133 Å². The van der Waals surface area contributed by atoms with Crippen LogP contribution in [0.2, 0.25) is 0 Å². The van der Waals surface area contributed by atoms with Gasteiger partial charge in [0.1, 0.15) is 12.0 Å². The van der Waals surface area contributed by atoms with Crippen molar-refractivity contribution in [3.63, 3.8) is 0 Å². The zero-order chi connectivity index (χ0) is 16.3. The van der Waals surface area contributed by atoms with E-state index >= 15 is 0 Å². The molecular formula is C14H17N3O5S. The highest BCUT2D eigenvalue weighted by atomic mass is 32.2. The molecular weight excluding hydrogens is 322 g/mol. The first-order valence-corrected chi connectivity index (χ1v) is 8.81. The summed E-state index contributed by atoms with van der Waals surface area (Å²) in [7, 11) is -3.45. The van der Waals surface area contributed by atoms with Gasteiger partial charge in [0.05, 0.1) is 24.6 Å². The molecule has 0 aromatic carbocycles. The lowest BCUT2D eigenvalue weighted by atomic mass is 10.2. The van der Waals surface area contributed by atoms with Crippen LogP contribution in [0.1, 0.15) is 11.3 Å². The van der Waals surface area contributed by atoms with Crippen LogP contribution in [0.15, 0.2) is 39.9 Å². The molecule has 1 amide bonds. The molecule has 1 aliphatic heterocycles. The molecule has 8 nitrogen and oxygen atoms in total. The fourth-order valence-electron chi connectivity index (χ4n) is 2.49. The highest BCUT2D eigenvalue weighted by molar-refractivity contribution is 7.88. The van der Waals surface area contributed by atoms with E-state index in [1.165, 1.54) is 29.2 Å². The lowest BCUT2D eigenvalue weighted by molar-refractivity contribution is -0.131. The van der Waals surface area contributed by atoms with E-state index in [2.05, 4.69) is 9.68 Å². The van der Waals surface area contributed by atoms with Crippen molar-refractivity contribution >= 4 is 15.9 Å². The van der Waals surface area contributed by atoms with Gasteiger partial charge in [-0.3, -0.25) is 4.79 Å². The minimum absolute atomic E-state index is 0.0278. The molecule has 1 aliphatic rings. The zero-order valence-electron chi connectivity index (χ0n) is 12.4. The summed E-state index contributed by atoms with van der Waals surface area (Å²) < 4.78 is 35.6. The van der Waals surface area contributed by atoms with Gasteiger partial charge in [0.25, 0.3) is 0 Å². The van der Waals surface area contributed by atoms with Crippen molar-refractivity contribution in [3.05, 3.63) is 42.2 Å². The Hall–Kier alpha value is -2.13. The topological polar surface area (TPSA) is 96.9 Å². The Bertz CT molecular complexity index is 731. The molecule has 0 atom stereocenters. The summed E-state index contributed by atoms with van der Waals surface area (Å²) in [4.78, 5) is 13.8. The van der Waals surface area contributed by atoms with Gasteiger partial charge in [0.15, 0.2) is 0 Å². The number of nitrogens with zero attached hydrogens (tertiary/aromatic N) is 3. The summed E-state index contributed by atoms with van der Waals surface area (Å²) in [6.45, 7) is 1.35. The summed E-state index contributed by atoms with van der Waals surface area (Å²) >= 11 is 0. The van der Waals surface area contributed by atoms with Crippen LogP contribution in [0.5, 0.6) is 0 Å². The number of carbonyl (C=O) groups excluding carboxylic acids is 1. The Morgan fingerprint density at radius 1 is 1.17 bits per heavy atom. The quantitative estimate of drug-likeness (QED) is 0.786. The summed E-state index contributed by atoms with van der Waals surface area (Å²) in [6.07, 6.45) is 4.67. The maximum absolute atomic E-state index is 12.3. The molecule has 1 saturated heterocycles. The number of sulfonamides is 1. The second-order valence-electron chi connectivity index (χ2n) is 5.34. The van der Waals surface area contributed by atoms with Crippen molar-refractivity contribution in [1.29, 1.82) is 0 Å². The van der Waals surface area contributed by atoms with Gasteiger partial charge in [-0.1, -0.05) is 5.16 Å². The SMILES string of the molecule is O=C(Cc1ccoc1)N1CCN(S(=O)(=O)Cc2ccon2)CC1. The maximum Gasteiger partial charge on any atom is 0.227 e. The minimum atomic E-state index is -3.45. The second-order valence-corrected chi connectivity index (χ2v) is 7.30. The molecule has 1 fully saturated rings. The number of hydrogen-bond donors (Lipinski definition) is 0. The molecule has 23 heavy (non-hydrogen) atoms. The average molecular weight is 339 g/mol. The molecule has 2 aromatic rings. The van der Waals surface area contributed by atoms with E-state index in [0.29, 0.717) is 18.8 Å². The van der Waals surface area contributed by atoms with Gasteiger partial charge in [-0.2, -0.15) is 4.31 Å². The minimum Gasteiger partial charge on any atom is -0.472 e. The van der Waals surface area contributed by atoms with Crippen LogP contribution in [-0.2, 0) is 27.0 Å². The van der Waals surface area contributed by atoms with Crippen LogP contribution in [0.3, 0.4) is 0 Å². The van der Waals surface area contributed by atoms with Gasteiger partial charge in [0.2, 0.25) is 15.9 Å². The van der Waals surface area contributed by atoms with Gasteiger partial charge in [-0.15, -0.1) is 0 Å². The molecule has 0 bridgehead atoms. The lowest BCUT2D eigenvalue weighted by Gasteiger charge is -2.33. The molecule has 2 aromatic heterocycles. The monoisotopic (exact) mass is 339 g/mol. The van der Waals surface area contributed by atoms with E-state index in [0.717, 1.165) is 5.56 Å². The molecule has 3 rings (SSSR count). The van der Waals surface area contributed by atoms with E-state index in [1.54, 1.807) is 11.0 Å². The van der Waals surface area contributed by atoms with Crippen LogP contribution in [0, 0.1) is 0 Å². The van der Waals surface area contributed by atoms with Crippen LogP contribution in [0.4, 0.5) is 0 Å². The van der Waals surface area contributed by atoms with Gasteiger partial charge >= 0.3 is 0 Å². The van der Waals surface area contributed by atoms with Gasteiger partial charge in [-0.05, 0) is 11.6 Å². The van der Waals surface area contributed by atoms with Crippen molar-refractivity contribution in [2.24, 2.45) is 0 Å². The molecule has 0 aliphatic carbocycles. The smallest absolute Gasteiger partial charge is 0.227 e. The number of piperazine rings is 1. The van der Waals surface area contributed by atoms with Crippen molar-refractivity contribution in [1.82, 2.24) is 14.4 Å². The fraction of sp³-hybridized carbons (Fsp3) is 0.429. The average Bonchev–Trinajstić information content (AvgIpc) is 3.21. The summed E-state index contributed by atoms with van der Waals surface area (Å²) in [5.41, 5.74) is 1.19. The standard InChI is InChI=1S/C14H17N3O5S/c18-14(9-12-1-7-21-10-12)16-3-5-17(6-4-16)23(19,20)11-13-2-8-22-15-13/h1-2,7-8,10H,3-6,9,11H2. The van der Waals surface area contributed by atoms with Crippen LogP contribution < -0.4 is 0 Å². The van der Waals surface area contributed by atoms with Crippen molar-refractivity contribution in [2.75, 3.05) is 26.2 Å². The third-order valence-corrected chi connectivity index (χ3v) is 5.55. The Morgan fingerprint density at radius 2 is 1.96 bits per heavy atom. The molecule has 124 valence electrons. The van der Waals surface area contributed by atoms with Crippen LogP contribution >= 0.6 is 0 Å². The molecule has 0 radical (unpaired) electrons. The second kappa shape index (κ2) is 6.55. The van der Waals surface area contributed by atoms with Crippen molar-refractivity contribution < 1.29 is 22.2 Å². The van der Waals surface area contributed by atoms with Crippen LogP contribution in [-0.4, -0.2) is 54.9 Å². The number of rotatable bonds is 5.